The Morgan fingerprint density at radius 1 is 1.13 bits per heavy atom. The highest BCUT2D eigenvalue weighted by atomic mass is 14.7. The van der Waals surface area contributed by atoms with Crippen molar-refractivity contribution in [1.82, 2.24) is 0 Å². The maximum atomic E-state index is 2.61. The fraction of sp³-hybridized carbons (Fsp3) is 0.867. The summed E-state index contributed by atoms with van der Waals surface area (Å²) < 4.78 is 0. The van der Waals surface area contributed by atoms with Gasteiger partial charge in [-0.2, -0.15) is 0 Å². The van der Waals surface area contributed by atoms with E-state index in [1.807, 2.05) is 0 Å². The average Bonchev–Trinajstić information content (AvgIpc) is 2.53. The van der Waals surface area contributed by atoms with Gasteiger partial charge >= 0.3 is 0 Å². The highest BCUT2D eigenvalue weighted by Crippen LogP contribution is 2.75. The van der Waals surface area contributed by atoms with Gasteiger partial charge < -0.3 is 0 Å². The Bertz CT molecular complexity index is 325. The van der Waals surface area contributed by atoms with Crippen LogP contribution in [0.5, 0.6) is 0 Å². The summed E-state index contributed by atoms with van der Waals surface area (Å²) in [7, 11) is 0. The molecule has 0 aromatic heterocycles. The predicted molar refractivity (Wildman–Crippen MR) is 64.6 cm³/mol. The molecule has 2 saturated carbocycles. The quantitative estimate of drug-likeness (QED) is 0.513. The number of hydrogen-bond donors (Lipinski definition) is 0. The Labute approximate surface area is 94.1 Å². The molecule has 3 unspecified atom stereocenters. The molecular weight excluding hydrogens is 180 g/mol. The summed E-state index contributed by atoms with van der Waals surface area (Å²) in [5.74, 6) is 1.79. The molecule has 84 valence electrons. The molecule has 0 radical (unpaired) electrons. The Hall–Kier alpha value is -0.260. The fourth-order valence-electron chi connectivity index (χ4n) is 5.51. The summed E-state index contributed by atoms with van der Waals surface area (Å²) in [6.45, 7) is 10.1. The van der Waals surface area contributed by atoms with Crippen molar-refractivity contribution in [3.8, 4) is 0 Å². The van der Waals surface area contributed by atoms with Crippen molar-refractivity contribution in [3.63, 3.8) is 0 Å². The maximum Gasteiger partial charge on any atom is -0.000482 e. The number of hydrogen-bond acceptors (Lipinski definition) is 0. The lowest BCUT2D eigenvalue weighted by Crippen LogP contribution is -2.48. The van der Waals surface area contributed by atoms with Crippen molar-refractivity contribution in [2.45, 2.75) is 53.4 Å². The summed E-state index contributed by atoms with van der Waals surface area (Å²) >= 11 is 0. The van der Waals surface area contributed by atoms with Crippen LogP contribution in [0.3, 0.4) is 0 Å². The number of allylic oxidation sites excluding steroid dienone is 2. The highest BCUT2D eigenvalue weighted by molar-refractivity contribution is 5.30. The van der Waals surface area contributed by atoms with Crippen LogP contribution in [0.25, 0.3) is 0 Å². The van der Waals surface area contributed by atoms with E-state index in [-0.39, 0.29) is 0 Å². The van der Waals surface area contributed by atoms with Gasteiger partial charge in [0.25, 0.3) is 0 Å². The van der Waals surface area contributed by atoms with Crippen LogP contribution in [0.15, 0.2) is 12.2 Å². The average molecular weight is 204 g/mol. The van der Waals surface area contributed by atoms with E-state index in [2.05, 4.69) is 39.8 Å². The second-order valence-corrected chi connectivity index (χ2v) is 7.19. The smallest absolute Gasteiger partial charge is 0.000482 e. The first-order valence-electron chi connectivity index (χ1n) is 6.62. The van der Waals surface area contributed by atoms with Gasteiger partial charge in [0.1, 0.15) is 0 Å². The van der Waals surface area contributed by atoms with E-state index >= 15 is 0 Å². The van der Waals surface area contributed by atoms with E-state index in [0.717, 1.165) is 11.8 Å². The molecule has 0 aliphatic heterocycles. The van der Waals surface area contributed by atoms with Gasteiger partial charge in [0.15, 0.2) is 0 Å². The van der Waals surface area contributed by atoms with Crippen molar-refractivity contribution in [1.29, 1.82) is 0 Å². The predicted octanol–water partition coefficient (Wildman–Crippen LogP) is 4.42. The third-order valence-corrected chi connectivity index (χ3v) is 6.31. The molecule has 2 bridgehead atoms. The minimum atomic E-state index is 0.524. The Kier molecular flexibility index (Phi) is 1.67. The van der Waals surface area contributed by atoms with Crippen LogP contribution in [0.1, 0.15) is 53.4 Å². The van der Waals surface area contributed by atoms with Gasteiger partial charge in [0, 0.05) is 0 Å². The standard InChI is InChI=1S/C15H24/c1-11-10-15-9-6-12(11)14(15,4)8-5-7-13(15,2)3/h6,9,11-12H,5,7-8,10H2,1-4H3/t11?,12?,14-,15?/m1/s1. The topological polar surface area (TPSA) is 0 Å². The van der Waals surface area contributed by atoms with Crippen LogP contribution >= 0.6 is 0 Å². The summed E-state index contributed by atoms with van der Waals surface area (Å²) in [5, 5.41) is 0. The lowest BCUT2D eigenvalue weighted by Gasteiger charge is -2.55. The first kappa shape index (κ1) is 9.93. The first-order chi connectivity index (χ1) is 6.93. The third kappa shape index (κ3) is 0.867. The molecule has 0 heterocycles. The van der Waals surface area contributed by atoms with E-state index in [1.54, 1.807) is 0 Å². The molecule has 15 heavy (non-hydrogen) atoms. The van der Waals surface area contributed by atoms with Gasteiger partial charge in [-0.1, -0.05) is 46.3 Å². The van der Waals surface area contributed by atoms with E-state index < -0.39 is 0 Å². The Morgan fingerprint density at radius 3 is 2.47 bits per heavy atom. The molecule has 0 nitrogen and oxygen atoms in total. The molecule has 0 saturated heterocycles. The van der Waals surface area contributed by atoms with Crippen molar-refractivity contribution in [2.24, 2.45) is 28.1 Å². The summed E-state index contributed by atoms with van der Waals surface area (Å²) in [5.41, 5.74) is 1.65. The van der Waals surface area contributed by atoms with Crippen LogP contribution in [-0.2, 0) is 0 Å². The summed E-state index contributed by atoms with van der Waals surface area (Å²) in [6.07, 6.45) is 10.9. The molecule has 0 aromatic rings. The normalized spacial score (nSPS) is 55.7. The second-order valence-electron chi connectivity index (χ2n) is 7.19. The molecule has 2 fully saturated rings. The minimum Gasteiger partial charge on any atom is -0.0840 e. The Balaban J connectivity index is 2.16. The van der Waals surface area contributed by atoms with E-state index in [4.69, 9.17) is 0 Å². The highest BCUT2D eigenvalue weighted by Gasteiger charge is 2.67. The van der Waals surface area contributed by atoms with Gasteiger partial charge in [-0.25, -0.2) is 0 Å². The van der Waals surface area contributed by atoms with Crippen LogP contribution in [-0.4, -0.2) is 0 Å². The maximum absolute atomic E-state index is 2.61. The van der Waals surface area contributed by atoms with Gasteiger partial charge in [0.05, 0.1) is 0 Å². The van der Waals surface area contributed by atoms with Crippen LogP contribution in [0.4, 0.5) is 0 Å². The molecular formula is C15H24. The molecule has 3 aliphatic rings. The lowest BCUT2D eigenvalue weighted by molar-refractivity contribution is -0.0410. The second kappa shape index (κ2) is 2.52. The van der Waals surface area contributed by atoms with Gasteiger partial charge in [0.2, 0.25) is 0 Å². The van der Waals surface area contributed by atoms with Gasteiger partial charge in [-0.3, -0.25) is 0 Å². The SMILES string of the molecule is CC1CC23C=CC1[C@@]2(C)CCCC3(C)C. The zero-order valence-electron chi connectivity index (χ0n) is 10.6. The van der Waals surface area contributed by atoms with E-state index in [9.17, 15) is 0 Å². The zero-order chi connectivity index (χ0) is 10.9. The molecule has 4 atom stereocenters. The van der Waals surface area contributed by atoms with Crippen molar-refractivity contribution >= 4 is 0 Å². The Morgan fingerprint density at radius 2 is 1.87 bits per heavy atom. The van der Waals surface area contributed by atoms with Crippen LogP contribution in [0.2, 0.25) is 0 Å². The summed E-state index contributed by atoms with van der Waals surface area (Å²) in [4.78, 5) is 0. The van der Waals surface area contributed by atoms with E-state index in [1.165, 1.54) is 25.7 Å². The van der Waals surface area contributed by atoms with Crippen molar-refractivity contribution in [2.75, 3.05) is 0 Å². The third-order valence-electron chi connectivity index (χ3n) is 6.31. The van der Waals surface area contributed by atoms with Crippen molar-refractivity contribution < 1.29 is 0 Å². The molecule has 3 aliphatic carbocycles. The van der Waals surface area contributed by atoms with Crippen LogP contribution in [0, 0.1) is 28.1 Å². The van der Waals surface area contributed by atoms with Crippen molar-refractivity contribution in [3.05, 3.63) is 12.2 Å². The molecule has 0 spiro atoms. The molecule has 0 amide bonds. The van der Waals surface area contributed by atoms with Gasteiger partial charge in [-0.15, -0.1) is 0 Å². The number of rotatable bonds is 0. The minimum absolute atomic E-state index is 0.524. The largest absolute Gasteiger partial charge is 0.0840 e. The van der Waals surface area contributed by atoms with Crippen LogP contribution < -0.4 is 0 Å². The zero-order valence-corrected chi connectivity index (χ0v) is 10.6. The monoisotopic (exact) mass is 204 g/mol. The van der Waals surface area contributed by atoms with Gasteiger partial charge in [-0.05, 0) is 47.3 Å². The first-order valence-corrected chi connectivity index (χ1v) is 6.62. The summed E-state index contributed by atoms with van der Waals surface area (Å²) in [6, 6.07) is 0. The molecule has 0 heteroatoms. The molecule has 0 aromatic carbocycles. The van der Waals surface area contributed by atoms with E-state index in [0.29, 0.717) is 16.2 Å². The molecule has 3 rings (SSSR count). The molecule has 0 N–H and O–H groups in total. The lowest BCUT2D eigenvalue weighted by atomic mass is 9.49. The fourth-order valence-corrected chi connectivity index (χ4v) is 5.51.